The summed E-state index contributed by atoms with van der Waals surface area (Å²) >= 11 is 0. The average molecular weight is 352 g/mol. The Bertz CT molecular complexity index is 829. The molecule has 1 aliphatic rings. The molecule has 0 heterocycles. The molecule has 0 saturated heterocycles. The number of anilines is 3. The largest absolute Gasteiger partial charge is 0.341 e. The van der Waals surface area contributed by atoms with Crippen molar-refractivity contribution in [3.8, 4) is 0 Å². The van der Waals surface area contributed by atoms with Crippen LogP contribution in [0.5, 0.6) is 0 Å². The van der Waals surface area contributed by atoms with Crippen molar-refractivity contribution in [3.05, 3.63) is 54.1 Å². The smallest absolute Gasteiger partial charge is 0.318 e. The minimum absolute atomic E-state index is 0.0302. The number of amides is 4. The standard InChI is InChI=1S/C19H20N4O3/c1-20-19(26)23-16-4-2-3-15(11-16)22-18(25)13-7-9-14(10-8-13)21-17(24)12-5-6-12/h2-4,7-12H,5-6H2,1H3,(H,21,24)(H,22,25)(H2,20,23,26). The first kappa shape index (κ1) is 17.5. The van der Waals surface area contributed by atoms with Gasteiger partial charge in [0.15, 0.2) is 0 Å². The fraction of sp³-hybridized carbons (Fsp3) is 0.211. The van der Waals surface area contributed by atoms with Gasteiger partial charge in [-0.1, -0.05) is 6.07 Å². The van der Waals surface area contributed by atoms with Crippen LogP contribution < -0.4 is 21.3 Å². The van der Waals surface area contributed by atoms with Gasteiger partial charge < -0.3 is 21.3 Å². The summed E-state index contributed by atoms with van der Waals surface area (Å²) in [7, 11) is 1.53. The molecule has 1 fully saturated rings. The lowest BCUT2D eigenvalue weighted by Gasteiger charge is -2.09. The van der Waals surface area contributed by atoms with Crippen LogP contribution in [0.25, 0.3) is 0 Å². The number of benzene rings is 2. The van der Waals surface area contributed by atoms with Crippen molar-refractivity contribution >= 4 is 34.9 Å². The lowest BCUT2D eigenvalue weighted by atomic mass is 10.2. The number of urea groups is 1. The van der Waals surface area contributed by atoms with Gasteiger partial charge in [-0.3, -0.25) is 9.59 Å². The maximum absolute atomic E-state index is 12.4. The molecule has 2 aromatic carbocycles. The zero-order valence-corrected chi connectivity index (χ0v) is 14.3. The van der Waals surface area contributed by atoms with E-state index in [2.05, 4.69) is 21.3 Å². The average Bonchev–Trinajstić information content (AvgIpc) is 3.47. The van der Waals surface area contributed by atoms with Gasteiger partial charge in [-0.05, 0) is 55.3 Å². The highest BCUT2D eigenvalue weighted by Crippen LogP contribution is 2.30. The molecule has 134 valence electrons. The summed E-state index contributed by atoms with van der Waals surface area (Å²) in [5, 5.41) is 10.7. The summed E-state index contributed by atoms with van der Waals surface area (Å²) in [6, 6.07) is 13.2. The van der Waals surface area contributed by atoms with E-state index in [1.54, 1.807) is 48.5 Å². The van der Waals surface area contributed by atoms with Gasteiger partial charge >= 0.3 is 6.03 Å². The molecule has 0 unspecified atom stereocenters. The monoisotopic (exact) mass is 352 g/mol. The van der Waals surface area contributed by atoms with Crippen LogP contribution in [0.2, 0.25) is 0 Å². The Hall–Kier alpha value is -3.35. The Kier molecular flexibility index (Phi) is 5.17. The molecular formula is C19H20N4O3. The Morgan fingerprint density at radius 2 is 1.50 bits per heavy atom. The first-order chi connectivity index (χ1) is 12.5. The van der Waals surface area contributed by atoms with Crippen molar-refractivity contribution in [1.29, 1.82) is 0 Å². The molecule has 0 radical (unpaired) electrons. The molecule has 3 rings (SSSR count). The van der Waals surface area contributed by atoms with Gasteiger partial charge in [0.1, 0.15) is 0 Å². The van der Waals surface area contributed by atoms with Gasteiger partial charge in [0.05, 0.1) is 0 Å². The van der Waals surface area contributed by atoms with Gasteiger partial charge in [0.25, 0.3) is 5.91 Å². The summed E-state index contributed by atoms with van der Waals surface area (Å²) in [5.41, 5.74) is 2.28. The molecule has 4 N–H and O–H groups in total. The lowest BCUT2D eigenvalue weighted by Crippen LogP contribution is -2.24. The molecule has 26 heavy (non-hydrogen) atoms. The van der Waals surface area contributed by atoms with Crippen LogP contribution in [-0.2, 0) is 4.79 Å². The number of rotatable bonds is 5. The van der Waals surface area contributed by atoms with Gasteiger partial charge in [0, 0.05) is 35.6 Å². The summed E-state index contributed by atoms with van der Waals surface area (Å²) in [6.45, 7) is 0. The Balaban J connectivity index is 1.61. The molecule has 0 aromatic heterocycles. The van der Waals surface area contributed by atoms with Crippen LogP contribution >= 0.6 is 0 Å². The first-order valence-corrected chi connectivity index (χ1v) is 8.36. The highest BCUT2D eigenvalue weighted by molar-refractivity contribution is 6.05. The number of hydrogen-bond donors (Lipinski definition) is 4. The summed E-state index contributed by atoms with van der Waals surface area (Å²) < 4.78 is 0. The molecule has 1 saturated carbocycles. The van der Waals surface area contributed by atoms with Crippen LogP contribution in [0.15, 0.2) is 48.5 Å². The highest BCUT2D eigenvalue weighted by Gasteiger charge is 2.29. The Morgan fingerprint density at radius 3 is 2.12 bits per heavy atom. The number of nitrogens with one attached hydrogen (secondary N) is 4. The van der Waals surface area contributed by atoms with Gasteiger partial charge in [0.2, 0.25) is 5.91 Å². The van der Waals surface area contributed by atoms with E-state index in [4.69, 9.17) is 0 Å². The second-order valence-corrected chi connectivity index (χ2v) is 6.08. The minimum Gasteiger partial charge on any atom is -0.341 e. The van der Waals surface area contributed by atoms with Crippen LogP contribution in [0.3, 0.4) is 0 Å². The van der Waals surface area contributed by atoms with Gasteiger partial charge in [-0.25, -0.2) is 4.79 Å². The normalized spacial score (nSPS) is 12.8. The second-order valence-electron chi connectivity index (χ2n) is 6.08. The maximum atomic E-state index is 12.4. The van der Waals surface area contributed by atoms with Crippen LogP contribution in [-0.4, -0.2) is 24.9 Å². The molecule has 0 spiro atoms. The van der Waals surface area contributed by atoms with E-state index in [0.717, 1.165) is 12.8 Å². The molecule has 7 heteroatoms. The minimum atomic E-state index is -0.336. The number of carbonyl (C=O) groups is 3. The van der Waals surface area contributed by atoms with Crippen molar-refractivity contribution < 1.29 is 14.4 Å². The van der Waals surface area contributed by atoms with Crippen molar-refractivity contribution in [2.24, 2.45) is 5.92 Å². The Morgan fingerprint density at radius 1 is 0.846 bits per heavy atom. The molecule has 7 nitrogen and oxygen atoms in total. The number of carbonyl (C=O) groups excluding carboxylic acids is 3. The van der Waals surface area contributed by atoms with E-state index in [-0.39, 0.29) is 23.8 Å². The molecule has 0 atom stereocenters. The molecule has 2 aromatic rings. The molecule has 0 bridgehead atoms. The van der Waals surface area contributed by atoms with Crippen molar-refractivity contribution in [2.45, 2.75) is 12.8 Å². The third-order valence-electron chi connectivity index (χ3n) is 3.97. The first-order valence-electron chi connectivity index (χ1n) is 8.36. The van der Waals surface area contributed by atoms with E-state index in [9.17, 15) is 14.4 Å². The van der Waals surface area contributed by atoms with E-state index < -0.39 is 0 Å². The Labute approximate surface area is 151 Å². The maximum Gasteiger partial charge on any atom is 0.318 e. The fourth-order valence-electron chi connectivity index (χ4n) is 2.37. The molecule has 4 amide bonds. The second kappa shape index (κ2) is 7.69. The van der Waals surface area contributed by atoms with E-state index in [0.29, 0.717) is 22.6 Å². The van der Waals surface area contributed by atoms with Crippen molar-refractivity contribution in [2.75, 3.05) is 23.0 Å². The predicted molar refractivity (Wildman–Crippen MR) is 100 cm³/mol. The van der Waals surface area contributed by atoms with Crippen LogP contribution in [0.1, 0.15) is 23.2 Å². The SMILES string of the molecule is CNC(=O)Nc1cccc(NC(=O)c2ccc(NC(=O)C3CC3)cc2)c1. The molecule has 1 aliphatic carbocycles. The van der Waals surface area contributed by atoms with Crippen molar-refractivity contribution in [1.82, 2.24) is 5.32 Å². The quantitative estimate of drug-likeness (QED) is 0.665. The molecule has 0 aliphatic heterocycles. The van der Waals surface area contributed by atoms with E-state index in [1.165, 1.54) is 7.05 Å². The third kappa shape index (κ3) is 4.60. The number of hydrogen-bond acceptors (Lipinski definition) is 3. The predicted octanol–water partition coefficient (Wildman–Crippen LogP) is 3.04. The van der Waals surface area contributed by atoms with Crippen LogP contribution in [0.4, 0.5) is 21.9 Å². The summed E-state index contributed by atoms with van der Waals surface area (Å²) in [5.74, 6) is -0.113. The van der Waals surface area contributed by atoms with E-state index in [1.807, 2.05) is 0 Å². The van der Waals surface area contributed by atoms with Crippen molar-refractivity contribution in [3.63, 3.8) is 0 Å². The highest BCUT2D eigenvalue weighted by atomic mass is 16.2. The topological polar surface area (TPSA) is 99.3 Å². The fourth-order valence-corrected chi connectivity index (χ4v) is 2.37. The summed E-state index contributed by atoms with van der Waals surface area (Å²) in [4.78, 5) is 35.4. The van der Waals surface area contributed by atoms with E-state index >= 15 is 0 Å². The summed E-state index contributed by atoms with van der Waals surface area (Å²) in [6.07, 6.45) is 1.89. The molecular weight excluding hydrogens is 332 g/mol. The zero-order chi connectivity index (χ0) is 18.5. The van der Waals surface area contributed by atoms with Gasteiger partial charge in [-0.15, -0.1) is 0 Å². The zero-order valence-electron chi connectivity index (χ0n) is 14.3. The lowest BCUT2D eigenvalue weighted by molar-refractivity contribution is -0.117. The van der Waals surface area contributed by atoms with Gasteiger partial charge in [-0.2, -0.15) is 0 Å². The van der Waals surface area contributed by atoms with Crippen LogP contribution in [0, 0.1) is 5.92 Å². The third-order valence-corrected chi connectivity index (χ3v) is 3.97.